The van der Waals surface area contributed by atoms with E-state index in [1.54, 1.807) is 19.2 Å². The van der Waals surface area contributed by atoms with E-state index in [2.05, 4.69) is 0 Å². The lowest BCUT2D eigenvalue weighted by molar-refractivity contribution is 0.0694. The molecule has 0 spiro atoms. The van der Waals surface area contributed by atoms with Crippen molar-refractivity contribution in [1.29, 1.82) is 0 Å². The van der Waals surface area contributed by atoms with Crippen molar-refractivity contribution in [1.82, 2.24) is 8.97 Å². The Kier molecular flexibility index (Phi) is 3.91. The highest BCUT2D eigenvalue weighted by Crippen LogP contribution is 2.15. The van der Waals surface area contributed by atoms with E-state index in [9.17, 15) is 19.5 Å². The largest absolute Gasteiger partial charge is 0.483 e. The van der Waals surface area contributed by atoms with Gasteiger partial charge in [-0.1, -0.05) is 30.3 Å². The molecule has 0 bridgehead atoms. The number of benzene rings is 1. The highest BCUT2D eigenvalue weighted by molar-refractivity contribution is 5.88. The molecule has 122 valence electrons. The monoisotopic (exact) mass is 326 g/mol. The van der Waals surface area contributed by atoms with Crippen LogP contribution in [-0.4, -0.2) is 20.0 Å². The van der Waals surface area contributed by atoms with Gasteiger partial charge in [-0.3, -0.25) is 9.59 Å². The number of carboxylic acids is 1. The Labute approximate surface area is 136 Å². The molecule has 1 N–H and O–H groups in total. The van der Waals surface area contributed by atoms with E-state index in [1.807, 2.05) is 18.2 Å². The summed E-state index contributed by atoms with van der Waals surface area (Å²) < 4.78 is 8.15. The van der Waals surface area contributed by atoms with Crippen LogP contribution in [0, 0.1) is 0 Å². The van der Waals surface area contributed by atoms with Gasteiger partial charge in [0.1, 0.15) is 12.2 Å². The summed E-state index contributed by atoms with van der Waals surface area (Å²) in [5, 5.41) is 9.21. The molecule has 24 heavy (non-hydrogen) atoms. The molecule has 0 amide bonds. The van der Waals surface area contributed by atoms with Crippen molar-refractivity contribution in [2.45, 2.75) is 6.61 Å². The number of aromatic carboxylic acids is 1. The van der Waals surface area contributed by atoms with Crippen LogP contribution < -0.4 is 15.7 Å². The van der Waals surface area contributed by atoms with Crippen LogP contribution in [0.2, 0.25) is 0 Å². The molecule has 0 aliphatic heterocycles. The minimum Gasteiger partial charge on any atom is -0.483 e. The number of hydrogen-bond acceptors (Lipinski definition) is 4. The number of ether oxygens (including phenoxy) is 1. The van der Waals surface area contributed by atoms with Crippen LogP contribution in [-0.2, 0) is 13.7 Å². The van der Waals surface area contributed by atoms with Crippen LogP contribution >= 0.6 is 0 Å². The molecule has 7 heteroatoms. The van der Waals surface area contributed by atoms with Crippen molar-refractivity contribution in [3.63, 3.8) is 0 Å². The fourth-order valence-electron chi connectivity index (χ4n) is 2.36. The summed E-state index contributed by atoms with van der Waals surface area (Å²) in [6.45, 7) is 0.0485. The lowest BCUT2D eigenvalue weighted by atomic mass is 10.2. The molecule has 0 saturated heterocycles. The van der Waals surface area contributed by atoms with Gasteiger partial charge in [-0.05, 0) is 5.56 Å². The lowest BCUT2D eigenvalue weighted by Gasteiger charge is -2.11. The normalized spacial score (nSPS) is 10.7. The van der Waals surface area contributed by atoms with E-state index in [1.165, 1.54) is 21.4 Å². The Balaban J connectivity index is 2.21. The zero-order valence-corrected chi connectivity index (χ0v) is 12.8. The van der Waals surface area contributed by atoms with E-state index < -0.39 is 22.5 Å². The van der Waals surface area contributed by atoms with E-state index in [4.69, 9.17) is 4.74 Å². The molecular formula is C17H14N2O5. The van der Waals surface area contributed by atoms with Crippen molar-refractivity contribution >= 4 is 11.5 Å². The average Bonchev–Trinajstić information content (AvgIpc) is 2.58. The molecule has 0 atom stereocenters. The fourth-order valence-corrected chi connectivity index (χ4v) is 2.36. The van der Waals surface area contributed by atoms with Gasteiger partial charge in [-0.2, -0.15) is 0 Å². The minimum absolute atomic E-state index is 0.00549. The first-order valence-corrected chi connectivity index (χ1v) is 7.13. The summed E-state index contributed by atoms with van der Waals surface area (Å²) in [6.07, 6.45) is 4.10. The Bertz CT molecular complexity index is 1030. The van der Waals surface area contributed by atoms with Crippen molar-refractivity contribution in [3.8, 4) is 5.75 Å². The van der Waals surface area contributed by atoms with E-state index in [0.717, 1.165) is 11.8 Å². The van der Waals surface area contributed by atoms with Crippen molar-refractivity contribution < 1.29 is 14.6 Å². The first-order valence-electron chi connectivity index (χ1n) is 7.13. The minimum atomic E-state index is -1.38. The smallest absolute Gasteiger partial charge is 0.341 e. The Morgan fingerprint density at radius 2 is 1.88 bits per heavy atom. The maximum Gasteiger partial charge on any atom is 0.341 e. The third-order valence-electron chi connectivity index (χ3n) is 3.62. The second kappa shape index (κ2) is 6.04. The molecule has 0 fully saturated rings. The van der Waals surface area contributed by atoms with E-state index >= 15 is 0 Å². The van der Waals surface area contributed by atoms with Crippen LogP contribution in [0.1, 0.15) is 15.9 Å². The molecule has 1 aromatic carbocycles. The van der Waals surface area contributed by atoms with Crippen LogP contribution in [0.15, 0.2) is 58.5 Å². The zero-order valence-electron chi connectivity index (χ0n) is 12.8. The number of nitrogens with zero attached hydrogens (tertiary/aromatic N) is 2. The number of hydrogen-bond donors (Lipinski definition) is 1. The van der Waals surface area contributed by atoms with Crippen LogP contribution in [0.25, 0.3) is 5.52 Å². The molecule has 0 unspecified atom stereocenters. The van der Waals surface area contributed by atoms with Gasteiger partial charge < -0.3 is 18.8 Å². The SMILES string of the molecule is Cn1ccn2cc(C(=O)O)c(=O)c(OCc3ccccc3)c2c1=O. The Morgan fingerprint density at radius 3 is 2.54 bits per heavy atom. The predicted octanol–water partition coefficient (Wildman–Crippen LogP) is 1.28. The first-order chi connectivity index (χ1) is 11.5. The van der Waals surface area contributed by atoms with Gasteiger partial charge >= 0.3 is 5.97 Å². The molecule has 2 aromatic heterocycles. The summed E-state index contributed by atoms with van der Waals surface area (Å²) in [5.74, 6) is -1.64. The third kappa shape index (κ3) is 2.67. The van der Waals surface area contributed by atoms with Gasteiger partial charge in [0.2, 0.25) is 5.43 Å². The number of aromatic nitrogens is 2. The van der Waals surface area contributed by atoms with Crippen LogP contribution in [0.3, 0.4) is 0 Å². The maximum atomic E-state index is 12.4. The van der Waals surface area contributed by atoms with Gasteiger partial charge in [0.15, 0.2) is 11.3 Å². The summed E-state index contributed by atoms with van der Waals surface area (Å²) in [4.78, 5) is 36.1. The van der Waals surface area contributed by atoms with Crippen LogP contribution in [0.5, 0.6) is 5.75 Å². The topological polar surface area (TPSA) is 90.0 Å². The predicted molar refractivity (Wildman–Crippen MR) is 86.6 cm³/mol. The number of pyridine rings is 1. The van der Waals surface area contributed by atoms with Crippen LogP contribution in [0.4, 0.5) is 0 Å². The quantitative estimate of drug-likeness (QED) is 0.780. The second-order valence-electron chi connectivity index (χ2n) is 5.25. The second-order valence-corrected chi connectivity index (χ2v) is 5.25. The highest BCUT2D eigenvalue weighted by Gasteiger charge is 2.19. The van der Waals surface area contributed by atoms with E-state index in [-0.39, 0.29) is 17.9 Å². The molecule has 2 heterocycles. The zero-order chi connectivity index (χ0) is 17.3. The van der Waals surface area contributed by atoms with Gasteiger partial charge in [0.05, 0.1) is 0 Å². The van der Waals surface area contributed by atoms with E-state index in [0.29, 0.717) is 0 Å². The van der Waals surface area contributed by atoms with Crippen molar-refractivity contribution in [3.05, 3.63) is 80.6 Å². The molecule has 0 aliphatic carbocycles. The number of carboxylic acid groups (broad SMARTS) is 1. The number of fused-ring (bicyclic) bond motifs is 1. The molecule has 0 saturated carbocycles. The molecule has 3 rings (SSSR count). The summed E-state index contributed by atoms with van der Waals surface area (Å²) in [6, 6.07) is 9.08. The molecule has 3 aromatic rings. The number of carbonyl (C=O) groups is 1. The van der Waals surface area contributed by atoms with Gasteiger partial charge in [0, 0.05) is 25.6 Å². The third-order valence-corrected chi connectivity index (χ3v) is 3.62. The van der Waals surface area contributed by atoms with Crippen molar-refractivity contribution in [2.24, 2.45) is 7.05 Å². The Morgan fingerprint density at radius 1 is 1.17 bits per heavy atom. The van der Waals surface area contributed by atoms with Gasteiger partial charge in [-0.25, -0.2) is 4.79 Å². The molecular weight excluding hydrogens is 312 g/mol. The lowest BCUT2D eigenvalue weighted by Crippen LogP contribution is -2.26. The fraction of sp³-hybridized carbons (Fsp3) is 0.118. The van der Waals surface area contributed by atoms with Crippen molar-refractivity contribution in [2.75, 3.05) is 0 Å². The highest BCUT2D eigenvalue weighted by atomic mass is 16.5. The molecule has 7 nitrogen and oxygen atoms in total. The number of rotatable bonds is 4. The average molecular weight is 326 g/mol. The number of aryl methyl sites for hydroxylation is 1. The van der Waals surface area contributed by atoms with Gasteiger partial charge in [-0.15, -0.1) is 0 Å². The van der Waals surface area contributed by atoms with Gasteiger partial charge in [0.25, 0.3) is 5.56 Å². The standard InChI is InChI=1S/C17H14N2O5/c1-18-7-8-19-9-12(17(22)23)14(20)15(13(19)16(18)21)24-10-11-5-3-2-4-6-11/h2-9H,10H2,1H3,(H,22,23). The summed E-state index contributed by atoms with van der Waals surface area (Å²) in [5.41, 5.74) is -0.922. The maximum absolute atomic E-state index is 12.4. The molecule has 0 aliphatic rings. The summed E-state index contributed by atoms with van der Waals surface area (Å²) in [7, 11) is 1.54. The Hall–Kier alpha value is -3.35. The summed E-state index contributed by atoms with van der Waals surface area (Å²) >= 11 is 0. The molecule has 0 radical (unpaired) electrons. The first kappa shape index (κ1) is 15.5.